The van der Waals surface area contributed by atoms with Crippen molar-refractivity contribution in [3.05, 3.63) is 70.8 Å². The van der Waals surface area contributed by atoms with E-state index in [0.29, 0.717) is 23.9 Å². The molecular weight excluding hydrogens is 270 g/mol. The summed E-state index contributed by atoms with van der Waals surface area (Å²) >= 11 is 0. The number of carbonyl (C=O) groups excluding carboxylic acids is 1. The molecule has 2 aromatic rings. The first-order chi connectivity index (χ1) is 10.5. The Hall–Kier alpha value is -2.09. The summed E-state index contributed by atoms with van der Waals surface area (Å²) in [5, 5.41) is 2.99. The first kappa shape index (κ1) is 16.3. The van der Waals surface area contributed by atoms with Gasteiger partial charge in [-0.1, -0.05) is 64.1 Å². The predicted octanol–water partition coefficient (Wildman–Crippen LogP) is 4.86. The molecule has 0 saturated heterocycles. The van der Waals surface area contributed by atoms with Crippen molar-refractivity contribution in [2.45, 2.75) is 46.1 Å². The third-order valence-corrected chi connectivity index (χ3v) is 3.91. The second-order valence-electron chi connectivity index (χ2n) is 6.36. The van der Waals surface area contributed by atoms with E-state index >= 15 is 0 Å². The quantitative estimate of drug-likeness (QED) is 0.838. The van der Waals surface area contributed by atoms with Crippen LogP contribution in [0.2, 0.25) is 0 Å². The van der Waals surface area contributed by atoms with Gasteiger partial charge in [-0.15, -0.1) is 0 Å². The molecule has 0 unspecified atom stereocenters. The van der Waals surface area contributed by atoms with Crippen LogP contribution in [0.15, 0.2) is 48.5 Å². The van der Waals surface area contributed by atoms with Crippen LogP contribution in [0, 0.1) is 0 Å². The fourth-order valence-electron chi connectivity index (χ4n) is 2.37. The Labute approximate surface area is 133 Å². The van der Waals surface area contributed by atoms with Crippen molar-refractivity contribution in [1.29, 1.82) is 0 Å². The van der Waals surface area contributed by atoms with E-state index in [2.05, 4.69) is 45.1 Å². The third kappa shape index (κ3) is 4.20. The summed E-state index contributed by atoms with van der Waals surface area (Å²) < 4.78 is 0. The lowest BCUT2D eigenvalue weighted by atomic mass is 10.0. The molecule has 0 aliphatic rings. The topological polar surface area (TPSA) is 29.1 Å². The summed E-state index contributed by atoms with van der Waals surface area (Å²) in [6, 6.07) is 16.2. The molecule has 0 bridgehead atoms. The fraction of sp³-hybridized carbons (Fsp3) is 0.350. The fourth-order valence-corrected chi connectivity index (χ4v) is 2.37. The summed E-state index contributed by atoms with van der Waals surface area (Å²) in [7, 11) is 0. The molecule has 2 heteroatoms. The number of amides is 1. The van der Waals surface area contributed by atoms with E-state index in [0.717, 1.165) is 5.56 Å². The Kier molecular flexibility index (Phi) is 5.37. The first-order valence-electron chi connectivity index (χ1n) is 7.94. The maximum atomic E-state index is 12.2. The van der Waals surface area contributed by atoms with E-state index in [9.17, 15) is 4.79 Å². The van der Waals surface area contributed by atoms with Crippen LogP contribution >= 0.6 is 0 Å². The van der Waals surface area contributed by atoms with E-state index < -0.39 is 0 Å². The van der Waals surface area contributed by atoms with Crippen LogP contribution in [0.4, 0.5) is 0 Å². The minimum absolute atomic E-state index is 0.0229. The standard InChI is InChI=1S/C20H25NO/c1-14(2)17-8-10-18(11-9-17)20(22)21-13-16-6-5-7-19(12-16)15(3)4/h5-12,14-15H,13H2,1-4H3,(H,21,22). The van der Waals surface area contributed by atoms with Crippen molar-refractivity contribution in [3.8, 4) is 0 Å². The minimum atomic E-state index is -0.0229. The van der Waals surface area contributed by atoms with Crippen LogP contribution < -0.4 is 5.32 Å². The summed E-state index contributed by atoms with van der Waals surface area (Å²) in [5.41, 5.74) is 4.40. The van der Waals surface area contributed by atoms with E-state index in [4.69, 9.17) is 0 Å². The van der Waals surface area contributed by atoms with Gasteiger partial charge in [0.15, 0.2) is 0 Å². The number of hydrogen-bond donors (Lipinski definition) is 1. The van der Waals surface area contributed by atoms with Gasteiger partial charge in [0.1, 0.15) is 0 Å². The molecular formula is C20H25NO. The normalized spacial score (nSPS) is 11.0. The van der Waals surface area contributed by atoms with Crippen LogP contribution in [0.1, 0.15) is 66.6 Å². The summed E-state index contributed by atoms with van der Waals surface area (Å²) in [6.07, 6.45) is 0. The average Bonchev–Trinajstić information content (AvgIpc) is 2.53. The lowest BCUT2D eigenvalue weighted by molar-refractivity contribution is 0.0951. The third-order valence-electron chi connectivity index (χ3n) is 3.91. The molecule has 1 amide bonds. The first-order valence-corrected chi connectivity index (χ1v) is 7.94. The Morgan fingerprint density at radius 3 is 2.14 bits per heavy atom. The Morgan fingerprint density at radius 1 is 0.909 bits per heavy atom. The molecule has 0 spiro atoms. The molecule has 0 atom stereocenters. The van der Waals surface area contributed by atoms with Crippen molar-refractivity contribution >= 4 is 5.91 Å². The second kappa shape index (κ2) is 7.26. The number of nitrogens with one attached hydrogen (secondary N) is 1. The second-order valence-corrected chi connectivity index (χ2v) is 6.36. The summed E-state index contributed by atoms with van der Waals surface area (Å²) in [5.74, 6) is 0.959. The van der Waals surface area contributed by atoms with Gasteiger partial charge in [-0.05, 0) is 40.7 Å². The summed E-state index contributed by atoms with van der Waals surface area (Å²) in [6.45, 7) is 9.21. The van der Waals surface area contributed by atoms with E-state index in [-0.39, 0.29) is 5.91 Å². The minimum Gasteiger partial charge on any atom is -0.348 e. The van der Waals surface area contributed by atoms with Crippen molar-refractivity contribution in [2.75, 3.05) is 0 Å². The highest BCUT2D eigenvalue weighted by molar-refractivity contribution is 5.94. The van der Waals surface area contributed by atoms with Gasteiger partial charge in [-0.3, -0.25) is 4.79 Å². The van der Waals surface area contributed by atoms with Crippen LogP contribution in [0.5, 0.6) is 0 Å². The number of hydrogen-bond acceptors (Lipinski definition) is 1. The van der Waals surface area contributed by atoms with Gasteiger partial charge in [0.25, 0.3) is 5.91 Å². The molecule has 0 aliphatic heterocycles. The van der Waals surface area contributed by atoms with E-state index in [1.54, 1.807) is 0 Å². The van der Waals surface area contributed by atoms with Gasteiger partial charge < -0.3 is 5.32 Å². The number of rotatable bonds is 5. The van der Waals surface area contributed by atoms with Crippen LogP contribution in [0.25, 0.3) is 0 Å². The molecule has 2 aromatic carbocycles. The number of carbonyl (C=O) groups is 1. The van der Waals surface area contributed by atoms with Gasteiger partial charge in [0.05, 0.1) is 0 Å². The Balaban J connectivity index is 1.99. The average molecular weight is 295 g/mol. The molecule has 1 N–H and O–H groups in total. The zero-order chi connectivity index (χ0) is 16.1. The zero-order valence-electron chi connectivity index (χ0n) is 13.9. The maximum absolute atomic E-state index is 12.2. The lowest BCUT2D eigenvalue weighted by Gasteiger charge is -2.10. The molecule has 2 nitrogen and oxygen atoms in total. The van der Waals surface area contributed by atoms with Gasteiger partial charge >= 0.3 is 0 Å². The Morgan fingerprint density at radius 2 is 1.55 bits per heavy atom. The van der Waals surface area contributed by atoms with Gasteiger partial charge in [0.2, 0.25) is 0 Å². The molecule has 0 radical (unpaired) electrons. The SMILES string of the molecule is CC(C)c1ccc(C(=O)NCc2cccc(C(C)C)c2)cc1. The maximum Gasteiger partial charge on any atom is 0.251 e. The highest BCUT2D eigenvalue weighted by Gasteiger charge is 2.07. The van der Waals surface area contributed by atoms with Crippen LogP contribution in [-0.4, -0.2) is 5.91 Å². The molecule has 116 valence electrons. The predicted molar refractivity (Wildman–Crippen MR) is 92.2 cm³/mol. The molecule has 0 aromatic heterocycles. The largest absolute Gasteiger partial charge is 0.348 e. The zero-order valence-corrected chi connectivity index (χ0v) is 13.9. The van der Waals surface area contributed by atoms with Crippen molar-refractivity contribution in [1.82, 2.24) is 5.32 Å². The van der Waals surface area contributed by atoms with Crippen LogP contribution in [-0.2, 0) is 6.54 Å². The molecule has 0 fully saturated rings. The van der Waals surface area contributed by atoms with E-state index in [1.165, 1.54) is 11.1 Å². The van der Waals surface area contributed by atoms with Crippen molar-refractivity contribution < 1.29 is 4.79 Å². The van der Waals surface area contributed by atoms with E-state index in [1.807, 2.05) is 36.4 Å². The van der Waals surface area contributed by atoms with Crippen molar-refractivity contribution in [3.63, 3.8) is 0 Å². The molecule has 2 rings (SSSR count). The number of benzene rings is 2. The van der Waals surface area contributed by atoms with Gasteiger partial charge in [-0.25, -0.2) is 0 Å². The molecule has 22 heavy (non-hydrogen) atoms. The monoisotopic (exact) mass is 295 g/mol. The Bertz CT molecular complexity index is 626. The highest BCUT2D eigenvalue weighted by Crippen LogP contribution is 2.16. The van der Waals surface area contributed by atoms with Gasteiger partial charge in [0, 0.05) is 12.1 Å². The van der Waals surface area contributed by atoms with Crippen molar-refractivity contribution in [2.24, 2.45) is 0 Å². The molecule has 0 aliphatic carbocycles. The molecule has 0 saturated carbocycles. The highest BCUT2D eigenvalue weighted by atomic mass is 16.1. The van der Waals surface area contributed by atoms with Crippen LogP contribution in [0.3, 0.4) is 0 Å². The lowest BCUT2D eigenvalue weighted by Crippen LogP contribution is -2.22. The molecule has 0 heterocycles. The smallest absolute Gasteiger partial charge is 0.251 e. The summed E-state index contributed by atoms with van der Waals surface area (Å²) in [4.78, 5) is 12.2. The van der Waals surface area contributed by atoms with Gasteiger partial charge in [-0.2, -0.15) is 0 Å².